The van der Waals surface area contributed by atoms with Crippen molar-refractivity contribution in [3.05, 3.63) is 132 Å². The standard InChI is InChI=1S/C34H29BN5O2/c1-35-29-22-38-40-32(19-30(39-33(29)40)28-13-7-8-14-31(28)41)36-20-23-15-17-24(18-16-23)21-37-34(42)27-12-6-5-11-26(27)25-9-3-2-4-10-25/h2-19,22,36,41H,20-21H2,1H3,(H,37,42). The molecule has 0 bridgehead atoms. The smallest absolute Gasteiger partial charge is 0.252 e. The highest BCUT2D eigenvalue weighted by Gasteiger charge is 2.15. The lowest BCUT2D eigenvalue weighted by molar-refractivity contribution is 0.0951. The van der Waals surface area contributed by atoms with E-state index in [1.807, 2.05) is 111 Å². The molecule has 8 heteroatoms. The lowest BCUT2D eigenvalue weighted by Gasteiger charge is -2.13. The van der Waals surface area contributed by atoms with Gasteiger partial charge in [0.2, 0.25) is 0 Å². The van der Waals surface area contributed by atoms with Gasteiger partial charge in [0.1, 0.15) is 11.6 Å². The molecular weight excluding hydrogens is 521 g/mol. The number of rotatable bonds is 9. The average molecular weight is 550 g/mol. The van der Waals surface area contributed by atoms with Gasteiger partial charge in [-0.05, 0) is 45.9 Å². The number of para-hydroxylation sites is 1. The van der Waals surface area contributed by atoms with E-state index in [0.717, 1.165) is 33.5 Å². The van der Waals surface area contributed by atoms with Crippen molar-refractivity contribution in [3.8, 4) is 28.1 Å². The Morgan fingerprint density at radius 3 is 2.24 bits per heavy atom. The van der Waals surface area contributed by atoms with Crippen LogP contribution in [0.15, 0.2) is 115 Å². The van der Waals surface area contributed by atoms with Crippen LogP contribution in [0.25, 0.3) is 28.0 Å². The van der Waals surface area contributed by atoms with Crippen molar-refractivity contribution < 1.29 is 9.90 Å². The molecule has 0 aliphatic rings. The van der Waals surface area contributed by atoms with Crippen LogP contribution in [0.3, 0.4) is 0 Å². The zero-order valence-electron chi connectivity index (χ0n) is 23.2. The molecule has 2 aromatic heterocycles. The van der Waals surface area contributed by atoms with E-state index in [4.69, 9.17) is 4.98 Å². The predicted octanol–water partition coefficient (Wildman–Crippen LogP) is 5.69. The Balaban J connectivity index is 1.15. The molecule has 42 heavy (non-hydrogen) atoms. The number of fused-ring (bicyclic) bond motifs is 1. The molecule has 0 atom stereocenters. The molecule has 0 aliphatic carbocycles. The SMILES string of the molecule is C[B]c1cnn2c(NCc3ccc(CNC(=O)c4ccccc4-c4ccccc4)cc3)cc(-c3ccccc3O)nc12. The quantitative estimate of drug-likeness (QED) is 0.201. The second-order valence-electron chi connectivity index (χ2n) is 9.93. The molecule has 0 saturated heterocycles. The van der Waals surface area contributed by atoms with Crippen molar-refractivity contribution in [3.63, 3.8) is 0 Å². The summed E-state index contributed by atoms with van der Waals surface area (Å²) < 4.78 is 1.77. The van der Waals surface area contributed by atoms with E-state index in [9.17, 15) is 9.90 Å². The molecule has 4 aromatic carbocycles. The number of benzene rings is 4. The van der Waals surface area contributed by atoms with Crippen LogP contribution in [-0.2, 0) is 13.1 Å². The zero-order valence-corrected chi connectivity index (χ0v) is 23.2. The van der Waals surface area contributed by atoms with Gasteiger partial charge in [-0.15, -0.1) is 0 Å². The van der Waals surface area contributed by atoms with Crippen molar-refractivity contribution in [2.24, 2.45) is 0 Å². The number of hydrogen-bond donors (Lipinski definition) is 3. The minimum absolute atomic E-state index is 0.106. The molecule has 6 aromatic rings. The van der Waals surface area contributed by atoms with Gasteiger partial charge in [-0.1, -0.05) is 91.8 Å². The maximum atomic E-state index is 13.1. The van der Waals surface area contributed by atoms with Crippen LogP contribution in [0.5, 0.6) is 5.75 Å². The highest BCUT2D eigenvalue weighted by molar-refractivity contribution is 6.54. The van der Waals surface area contributed by atoms with Gasteiger partial charge in [0.05, 0.1) is 5.69 Å². The molecule has 0 aliphatic heterocycles. The number of phenols is 1. The van der Waals surface area contributed by atoms with Crippen LogP contribution in [0.4, 0.5) is 5.82 Å². The lowest BCUT2D eigenvalue weighted by atomic mass is 9.75. The number of phenolic OH excluding ortho intramolecular Hbond substituents is 1. The Morgan fingerprint density at radius 1 is 0.833 bits per heavy atom. The minimum atomic E-state index is -0.106. The summed E-state index contributed by atoms with van der Waals surface area (Å²) >= 11 is 0. The first-order valence-corrected chi connectivity index (χ1v) is 13.8. The molecule has 0 unspecified atom stereocenters. The van der Waals surface area contributed by atoms with Crippen molar-refractivity contribution >= 4 is 30.1 Å². The summed E-state index contributed by atoms with van der Waals surface area (Å²) in [7, 11) is 1.96. The van der Waals surface area contributed by atoms with Gasteiger partial charge < -0.3 is 15.7 Å². The van der Waals surface area contributed by atoms with E-state index in [1.165, 1.54) is 0 Å². The first-order valence-electron chi connectivity index (χ1n) is 13.8. The molecule has 3 N–H and O–H groups in total. The fraction of sp³-hybridized carbons (Fsp3) is 0.0882. The molecular formula is C34H29BN5O2. The molecule has 2 heterocycles. The third-order valence-corrected chi connectivity index (χ3v) is 7.20. The van der Waals surface area contributed by atoms with Crippen LogP contribution >= 0.6 is 0 Å². The topological polar surface area (TPSA) is 91.5 Å². The number of anilines is 1. The van der Waals surface area contributed by atoms with Gasteiger partial charge in [0.15, 0.2) is 12.9 Å². The Labute approximate surface area is 245 Å². The van der Waals surface area contributed by atoms with E-state index in [1.54, 1.807) is 22.8 Å². The summed E-state index contributed by atoms with van der Waals surface area (Å²) in [6.45, 7) is 2.93. The fourth-order valence-electron chi connectivity index (χ4n) is 4.93. The highest BCUT2D eigenvalue weighted by Crippen LogP contribution is 2.29. The molecule has 0 fully saturated rings. The summed E-state index contributed by atoms with van der Waals surface area (Å²) in [4.78, 5) is 17.8. The zero-order chi connectivity index (χ0) is 28.9. The van der Waals surface area contributed by atoms with Crippen LogP contribution in [0.1, 0.15) is 21.5 Å². The van der Waals surface area contributed by atoms with Crippen LogP contribution < -0.4 is 16.1 Å². The van der Waals surface area contributed by atoms with Crippen LogP contribution in [-0.4, -0.2) is 32.9 Å². The summed E-state index contributed by atoms with van der Waals surface area (Å²) in [5.41, 5.74) is 7.59. The molecule has 1 amide bonds. The fourth-order valence-corrected chi connectivity index (χ4v) is 4.93. The molecule has 6 rings (SSSR count). The minimum Gasteiger partial charge on any atom is -0.507 e. The van der Waals surface area contributed by atoms with E-state index in [2.05, 4.69) is 15.7 Å². The second-order valence-corrected chi connectivity index (χ2v) is 9.93. The predicted molar refractivity (Wildman–Crippen MR) is 168 cm³/mol. The number of nitrogens with one attached hydrogen (secondary N) is 2. The third kappa shape index (κ3) is 5.60. The Morgan fingerprint density at radius 2 is 1.50 bits per heavy atom. The second kappa shape index (κ2) is 12.0. The molecule has 205 valence electrons. The van der Waals surface area contributed by atoms with Crippen LogP contribution in [0.2, 0.25) is 6.82 Å². The number of aromatic nitrogens is 3. The van der Waals surface area contributed by atoms with Gasteiger partial charge in [0.25, 0.3) is 5.91 Å². The first kappa shape index (κ1) is 26.8. The Kier molecular flexibility index (Phi) is 7.68. The maximum Gasteiger partial charge on any atom is 0.252 e. The summed E-state index contributed by atoms with van der Waals surface area (Å²) in [6.07, 6.45) is 1.78. The maximum absolute atomic E-state index is 13.1. The van der Waals surface area contributed by atoms with E-state index >= 15 is 0 Å². The van der Waals surface area contributed by atoms with Crippen molar-refractivity contribution in [2.45, 2.75) is 19.9 Å². The van der Waals surface area contributed by atoms with Gasteiger partial charge >= 0.3 is 0 Å². The van der Waals surface area contributed by atoms with Gasteiger partial charge in [-0.25, -0.2) is 4.98 Å². The number of carbonyl (C=O) groups is 1. The van der Waals surface area contributed by atoms with Gasteiger partial charge in [-0.3, -0.25) is 4.79 Å². The molecule has 1 radical (unpaired) electrons. The molecule has 0 saturated carbocycles. The van der Waals surface area contributed by atoms with Gasteiger partial charge in [0, 0.05) is 36.5 Å². The summed E-state index contributed by atoms with van der Waals surface area (Å²) in [5.74, 6) is 0.831. The van der Waals surface area contributed by atoms with E-state index in [-0.39, 0.29) is 11.7 Å². The highest BCUT2D eigenvalue weighted by atomic mass is 16.3. The largest absolute Gasteiger partial charge is 0.507 e. The number of carbonyl (C=O) groups excluding carboxylic acids is 1. The van der Waals surface area contributed by atoms with Crippen molar-refractivity contribution in [1.29, 1.82) is 0 Å². The van der Waals surface area contributed by atoms with Gasteiger partial charge in [-0.2, -0.15) is 9.61 Å². The van der Waals surface area contributed by atoms with Crippen LogP contribution in [0, 0.1) is 0 Å². The van der Waals surface area contributed by atoms with E-state index in [0.29, 0.717) is 35.6 Å². The first-order chi connectivity index (χ1) is 20.6. The number of hydrogen-bond acceptors (Lipinski definition) is 5. The number of amides is 1. The Bertz CT molecular complexity index is 1850. The van der Waals surface area contributed by atoms with Crippen molar-refractivity contribution in [1.82, 2.24) is 19.9 Å². The molecule has 7 nitrogen and oxygen atoms in total. The van der Waals surface area contributed by atoms with E-state index < -0.39 is 0 Å². The third-order valence-electron chi connectivity index (χ3n) is 7.20. The number of nitrogens with zero attached hydrogens (tertiary/aromatic N) is 3. The van der Waals surface area contributed by atoms with Crippen molar-refractivity contribution in [2.75, 3.05) is 5.32 Å². The molecule has 0 spiro atoms. The lowest BCUT2D eigenvalue weighted by Crippen LogP contribution is -2.23. The normalized spacial score (nSPS) is 10.9. The summed E-state index contributed by atoms with van der Waals surface area (Å²) in [5, 5.41) is 21.5. The Hall–Kier alpha value is -5.37. The average Bonchev–Trinajstić information content (AvgIpc) is 3.47. The summed E-state index contributed by atoms with van der Waals surface area (Å²) in [6, 6.07) is 34.8. The number of aromatic hydroxyl groups is 1. The monoisotopic (exact) mass is 550 g/mol.